The number of hydrogen-bond acceptors (Lipinski definition) is 4. The minimum Gasteiger partial charge on any atom is -0.497 e. The van der Waals surface area contributed by atoms with E-state index in [-0.39, 0.29) is 23.6 Å². The first-order valence-corrected chi connectivity index (χ1v) is 9.40. The fourth-order valence-corrected chi connectivity index (χ4v) is 3.21. The molecule has 6 heteroatoms. The molecule has 5 nitrogen and oxygen atoms in total. The summed E-state index contributed by atoms with van der Waals surface area (Å²) in [6.07, 6.45) is 0. The number of amides is 2. The second-order valence-electron chi connectivity index (χ2n) is 6.04. The molecular weight excluding hydrogens is 348 g/mol. The summed E-state index contributed by atoms with van der Waals surface area (Å²) in [6.45, 7) is 4.24. The van der Waals surface area contributed by atoms with Crippen molar-refractivity contribution in [1.82, 2.24) is 10.6 Å². The van der Waals surface area contributed by atoms with Crippen LogP contribution in [0.1, 0.15) is 29.8 Å². The number of nitrogens with one attached hydrogen (secondary N) is 2. The van der Waals surface area contributed by atoms with Gasteiger partial charge >= 0.3 is 0 Å². The van der Waals surface area contributed by atoms with Gasteiger partial charge in [0.1, 0.15) is 5.75 Å². The van der Waals surface area contributed by atoms with Crippen molar-refractivity contribution in [3.63, 3.8) is 0 Å². The molecule has 0 saturated carbocycles. The van der Waals surface area contributed by atoms with Gasteiger partial charge in [-0.1, -0.05) is 24.3 Å². The number of ether oxygens (including phenoxy) is 1. The highest BCUT2D eigenvalue weighted by Gasteiger charge is 2.13. The van der Waals surface area contributed by atoms with Gasteiger partial charge in [-0.2, -0.15) is 0 Å². The van der Waals surface area contributed by atoms with Crippen LogP contribution >= 0.6 is 11.8 Å². The van der Waals surface area contributed by atoms with Crippen molar-refractivity contribution in [1.29, 1.82) is 0 Å². The molecule has 0 radical (unpaired) electrons. The third-order valence-corrected chi connectivity index (χ3v) is 4.60. The van der Waals surface area contributed by atoms with E-state index in [4.69, 9.17) is 4.74 Å². The van der Waals surface area contributed by atoms with Gasteiger partial charge in [0.15, 0.2) is 0 Å². The van der Waals surface area contributed by atoms with Crippen LogP contribution in [0.5, 0.6) is 5.75 Å². The van der Waals surface area contributed by atoms with E-state index < -0.39 is 0 Å². The van der Waals surface area contributed by atoms with Crippen molar-refractivity contribution >= 4 is 23.6 Å². The van der Waals surface area contributed by atoms with Crippen LogP contribution < -0.4 is 15.4 Å². The third-order valence-electron chi connectivity index (χ3n) is 3.53. The molecule has 0 bridgehead atoms. The number of thioether (sulfide) groups is 1. The molecule has 26 heavy (non-hydrogen) atoms. The van der Waals surface area contributed by atoms with Crippen LogP contribution in [0.25, 0.3) is 0 Å². The van der Waals surface area contributed by atoms with Crippen molar-refractivity contribution in [3.8, 4) is 5.75 Å². The summed E-state index contributed by atoms with van der Waals surface area (Å²) in [4.78, 5) is 25.2. The van der Waals surface area contributed by atoms with E-state index >= 15 is 0 Å². The SMILES string of the molecule is COc1cccc(CNC(=O)c2ccccc2SCC(=O)NC(C)C)c1. The van der Waals surface area contributed by atoms with Crippen LogP contribution in [0, 0.1) is 0 Å². The second kappa shape index (κ2) is 9.87. The van der Waals surface area contributed by atoms with Gasteiger partial charge in [0.2, 0.25) is 5.91 Å². The number of carbonyl (C=O) groups is 2. The standard InChI is InChI=1S/C20H24N2O3S/c1-14(2)22-19(23)13-26-18-10-5-4-9-17(18)20(24)21-12-15-7-6-8-16(11-15)25-3/h4-11,14H,12-13H2,1-3H3,(H,21,24)(H,22,23). The number of carbonyl (C=O) groups excluding carboxylic acids is 2. The van der Waals surface area contributed by atoms with Gasteiger partial charge < -0.3 is 15.4 Å². The fourth-order valence-electron chi connectivity index (χ4n) is 2.35. The average Bonchev–Trinajstić information content (AvgIpc) is 2.64. The lowest BCUT2D eigenvalue weighted by Gasteiger charge is -2.11. The molecule has 0 saturated heterocycles. The van der Waals surface area contributed by atoms with Crippen LogP contribution in [0.4, 0.5) is 0 Å². The summed E-state index contributed by atoms with van der Waals surface area (Å²) in [5.41, 5.74) is 1.52. The minimum absolute atomic E-state index is 0.0448. The van der Waals surface area contributed by atoms with Crippen LogP contribution in [0.3, 0.4) is 0 Å². The molecule has 0 spiro atoms. The van der Waals surface area contributed by atoms with E-state index in [1.807, 2.05) is 56.3 Å². The maximum Gasteiger partial charge on any atom is 0.252 e. The van der Waals surface area contributed by atoms with E-state index in [2.05, 4.69) is 10.6 Å². The highest BCUT2D eigenvalue weighted by molar-refractivity contribution is 8.00. The zero-order chi connectivity index (χ0) is 18.9. The van der Waals surface area contributed by atoms with Crippen molar-refractivity contribution in [2.24, 2.45) is 0 Å². The normalized spacial score (nSPS) is 10.5. The molecule has 0 aliphatic heterocycles. The molecule has 0 aliphatic rings. The largest absolute Gasteiger partial charge is 0.497 e. The zero-order valence-electron chi connectivity index (χ0n) is 15.2. The molecular formula is C20H24N2O3S. The number of hydrogen-bond donors (Lipinski definition) is 2. The summed E-state index contributed by atoms with van der Waals surface area (Å²) in [7, 11) is 1.61. The number of methoxy groups -OCH3 is 1. The summed E-state index contributed by atoms with van der Waals surface area (Å²) < 4.78 is 5.19. The molecule has 0 aliphatic carbocycles. The Balaban J connectivity index is 1.99. The lowest BCUT2D eigenvalue weighted by Crippen LogP contribution is -2.31. The van der Waals surface area contributed by atoms with Crippen molar-refractivity contribution in [2.45, 2.75) is 31.3 Å². The molecule has 0 heterocycles. The maximum absolute atomic E-state index is 12.6. The molecule has 2 rings (SSSR count). The Bertz CT molecular complexity index is 762. The molecule has 138 valence electrons. The Hall–Kier alpha value is -2.47. The van der Waals surface area contributed by atoms with Crippen LogP contribution in [-0.4, -0.2) is 30.7 Å². The van der Waals surface area contributed by atoms with Gasteiger partial charge in [0.25, 0.3) is 5.91 Å². The Labute approximate surface area is 158 Å². The predicted molar refractivity (Wildman–Crippen MR) is 105 cm³/mol. The molecule has 2 N–H and O–H groups in total. The smallest absolute Gasteiger partial charge is 0.252 e. The monoisotopic (exact) mass is 372 g/mol. The predicted octanol–water partition coefficient (Wildman–Crippen LogP) is 3.24. The average molecular weight is 372 g/mol. The molecule has 0 atom stereocenters. The van der Waals surface area contributed by atoms with E-state index in [1.165, 1.54) is 11.8 Å². The number of benzene rings is 2. The Kier molecular flexibility index (Phi) is 7.53. The van der Waals surface area contributed by atoms with Gasteiger partial charge in [0.05, 0.1) is 18.4 Å². The summed E-state index contributed by atoms with van der Waals surface area (Å²) >= 11 is 1.36. The first kappa shape index (κ1) is 19.8. The Morgan fingerprint density at radius 1 is 1.12 bits per heavy atom. The molecule has 2 amide bonds. The minimum atomic E-state index is -0.166. The summed E-state index contributed by atoms with van der Waals surface area (Å²) in [5.74, 6) is 0.818. The molecule has 2 aromatic carbocycles. The van der Waals surface area contributed by atoms with Crippen molar-refractivity contribution < 1.29 is 14.3 Å². The Morgan fingerprint density at radius 2 is 1.88 bits per heavy atom. The van der Waals surface area contributed by atoms with Gasteiger partial charge in [-0.3, -0.25) is 9.59 Å². The fraction of sp³-hybridized carbons (Fsp3) is 0.300. The number of rotatable bonds is 8. The third kappa shape index (κ3) is 6.11. The molecule has 0 unspecified atom stereocenters. The van der Waals surface area contributed by atoms with Crippen LogP contribution in [0.15, 0.2) is 53.4 Å². The zero-order valence-corrected chi connectivity index (χ0v) is 16.1. The van der Waals surface area contributed by atoms with Crippen molar-refractivity contribution in [3.05, 3.63) is 59.7 Å². The maximum atomic E-state index is 12.6. The van der Waals surface area contributed by atoms with E-state index in [0.29, 0.717) is 12.1 Å². The second-order valence-corrected chi connectivity index (χ2v) is 7.06. The molecule has 0 aromatic heterocycles. The Morgan fingerprint density at radius 3 is 2.62 bits per heavy atom. The van der Waals surface area contributed by atoms with E-state index in [1.54, 1.807) is 13.2 Å². The van der Waals surface area contributed by atoms with Gasteiger partial charge in [0, 0.05) is 17.5 Å². The lowest BCUT2D eigenvalue weighted by molar-refractivity contribution is -0.119. The summed E-state index contributed by atoms with van der Waals surface area (Å²) in [6, 6.07) is 15.0. The summed E-state index contributed by atoms with van der Waals surface area (Å²) in [5, 5.41) is 5.77. The van der Waals surface area contributed by atoms with E-state index in [0.717, 1.165) is 16.2 Å². The van der Waals surface area contributed by atoms with Gasteiger partial charge in [-0.15, -0.1) is 11.8 Å². The first-order valence-electron chi connectivity index (χ1n) is 8.42. The molecule has 0 fully saturated rings. The van der Waals surface area contributed by atoms with E-state index in [9.17, 15) is 9.59 Å². The molecule has 2 aromatic rings. The lowest BCUT2D eigenvalue weighted by atomic mass is 10.2. The van der Waals surface area contributed by atoms with Crippen LogP contribution in [0.2, 0.25) is 0 Å². The highest BCUT2D eigenvalue weighted by atomic mass is 32.2. The van der Waals surface area contributed by atoms with Gasteiger partial charge in [-0.05, 0) is 43.7 Å². The topological polar surface area (TPSA) is 67.4 Å². The van der Waals surface area contributed by atoms with Gasteiger partial charge in [-0.25, -0.2) is 0 Å². The van der Waals surface area contributed by atoms with Crippen molar-refractivity contribution in [2.75, 3.05) is 12.9 Å². The van der Waals surface area contributed by atoms with Crippen LogP contribution in [-0.2, 0) is 11.3 Å². The quantitative estimate of drug-likeness (QED) is 0.698. The first-order chi connectivity index (χ1) is 12.5. The highest BCUT2D eigenvalue weighted by Crippen LogP contribution is 2.22.